The van der Waals surface area contributed by atoms with E-state index in [1.807, 2.05) is 20.0 Å². The Morgan fingerprint density at radius 2 is 1.77 bits per heavy atom. The molecule has 0 aliphatic heterocycles. The zero-order valence-corrected chi connectivity index (χ0v) is 9.00. The highest BCUT2D eigenvalue weighted by Crippen LogP contribution is 2.20. The summed E-state index contributed by atoms with van der Waals surface area (Å²) in [6.07, 6.45) is 1.90. The van der Waals surface area contributed by atoms with Gasteiger partial charge in [-0.25, -0.2) is 4.68 Å². The first-order chi connectivity index (χ1) is 5.71. The maximum atomic E-state index is 5.87. The quantitative estimate of drug-likeness (QED) is 0.710. The molecule has 4 heteroatoms. The molecular weight excluding hydrogens is 164 g/mol. The highest BCUT2D eigenvalue weighted by Gasteiger charge is 2.21. The van der Waals surface area contributed by atoms with Crippen molar-refractivity contribution in [2.45, 2.75) is 45.7 Å². The number of aromatic nitrogens is 3. The lowest BCUT2D eigenvalue weighted by Crippen LogP contribution is -2.36. The van der Waals surface area contributed by atoms with E-state index in [0.717, 1.165) is 5.69 Å². The highest BCUT2D eigenvalue weighted by atomic mass is 15.5. The molecule has 0 fully saturated rings. The zero-order valence-electron chi connectivity index (χ0n) is 9.00. The van der Waals surface area contributed by atoms with Crippen molar-refractivity contribution in [1.82, 2.24) is 15.0 Å². The second kappa shape index (κ2) is 2.80. The molecule has 1 rings (SSSR count). The molecule has 0 aromatic carbocycles. The standard InChI is InChI=1S/C9H18N4/c1-8(2,3)7-6-13(12-11-7)9(4,5)10/h6H,10H2,1-5H3. The Bertz CT molecular complexity index is 259. The number of hydrogen-bond donors (Lipinski definition) is 1. The highest BCUT2D eigenvalue weighted by molar-refractivity contribution is 5.07. The van der Waals surface area contributed by atoms with Crippen LogP contribution in [-0.4, -0.2) is 15.0 Å². The first-order valence-corrected chi connectivity index (χ1v) is 4.43. The van der Waals surface area contributed by atoms with Gasteiger partial charge >= 0.3 is 0 Å². The lowest BCUT2D eigenvalue weighted by Gasteiger charge is -2.18. The molecule has 0 amide bonds. The summed E-state index contributed by atoms with van der Waals surface area (Å²) in [5.41, 5.74) is 6.39. The molecule has 1 heterocycles. The molecule has 0 spiro atoms. The molecule has 2 N–H and O–H groups in total. The summed E-state index contributed by atoms with van der Waals surface area (Å²) < 4.78 is 1.69. The van der Waals surface area contributed by atoms with E-state index in [1.165, 1.54) is 0 Å². The molecule has 0 saturated heterocycles. The monoisotopic (exact) mass is 182 g/mol. The van der Waals surface area contributed by atoms with E-state index >= 15 is 0 Å². The Labute approximate surface area is 79.1 Å². The van der Waals surface area contributed by atoms with Gasteiger partial charge in [0.25, 0.3) is 0 Å². The first kappa shape index (κ1) is 10.2. The topological polar surface area (TPSA) is 56.7 Å². The number of hydrogen-bond acceptors (Lipinski definition) is 3. The maximum absolute atomic E-state index is 5.87. The minimum atomic E-state index is -0.476. The van der Waals surface area contributed by atoms with Crippen LogP contribution in [0.4, 0.5) is 0 Å². The van der Waals surface area contributed by atoms with Crippen LogP contribution >= 0.6 is 0 Å². The molecule has 13 heavy (non-hydrogen) atoms. The van der Waals surface area contributed by atoms with E-state index in [1.54, 1.807) is 4.68 Å². The predicted molar refractivity (Wildman–Crippen MR) is 52.2 cm³/mol. The van der Waals surface area contributed by atoms with Crippen LogP contribution in [0, 0.1) is 0 Å². The van der Waals surface area contributed by atoms with Gasteiger partial charge in [-0.1, -0.05) is 26.0 Å². The van der Waals surface area contributed by atoms with Gasteiger partial charge < -0.3 is 5.73 Å². The van der Waals surface area contributed by atoms with Crippen molar-refractivity contribution >= 4 is 0 Å². The SMILES string of the molecule is CC(C)(C)c1cn(C(C)(C)N)nn1. The number of nitrogens with two attached hydrogens (primary N) is 1. The summed E-state index contributed by atoms with van der Waals surface area (Å²) in [5.74, 6) is 0. The molecule has 0 aliphatic carbocycles. The van der Waals surface area contributed by atoms with E-state index in [2.05, 4.69) is 31.1 Å². The van der Waals surface area contributed by atoms with Gasteiger partial charge in [0.2, 0.25) is 0 Å². The molecule has 0 unspecified atom stereocenters. The Morgan fingerprint density at radius 3 is 2.00 bits per heavy atom. The van der Waals surface area contributed by atoms with Crippen molar-refractivity contribution in [2.24, 2.45) is 5.73 Å². The second-order valence-electron chi connectivity index (χ2n) is 4.95. The van der Waals surface area contributed by atoms with Gasteiger partial charge in [0, 0.05) is 5.41 Å². The molecule has 4 nitrogen and oxygen atoms in total. The van der Waals surface area contributed by atoms with Gasteiger partial charge in [0.05, 0.1) is 11.9 Å². The van der Waals surface area contributed by atoms with Crippen LogP contribution in [0.3, 0.4) is 0 Å². The second-order valence-corrected chi connectivity index (χ2v) is 4.95. The largest absolute Gasteiger partial charge is 0.308 e. The Hall–Kier alpha value is -0.900. The van der Waals surface area contributed by atoms with Crippen molar-refractivity contribution < 1.29 is 0 Å². The Kier molecular flexibility index (Phi) is 2.20. The lowest BCUT2D eigenvalue weighted by molar-refractivity contribution is 0.325. The van der Waals surface area contributed by atoms with Crippen molar-refractivity contribution in [2.75, 3.05) is 0 Å². The fourth-order valence-electron chi connectivity index (χ4n) is 0.889. The van der Waals surface area contributed by atoms with Gasteiger partial charge in [0.1, 0.15) is 5.66 Å². The Balaban J connectivity index is 3.01. The smallest absolute Gasteiger partial charge is 0.106 e. The minimum Gasteiger partial charge on any atom is -0.308 e. The van der Waals surface area contributed by atoms with Crippen molar-refractivity contribution in [3.63, 3.8) is 0 Å². The average Bonchev–Trinajstić information content (AvgIpc) is 2.28. The van der Waals surface area contributed by atoms with E-state index in [4.69, 9.17) is 5.73 Å². The third-order valence-corrected chi connectivity index (χ3v) is 1.85. The third kappa shape index (κ3) is 2.28. The van der Waals surface area contributed by atoms with Crippen LogP contribution in [0.2, 0.25) is 0 Å². The van der Waals surface area contributed by atoms with Gasteiger partial charge in [-0.3, -0.25) is 0 Å². The molecule has 1 aromatic heterocycles. The van der Waals surface area contributed by atoms with Crippen molar-refractivity contribution in [3.05, 3.63) is 11.9 Å². The predicted octanol–water partition coefficient (Wildman–Crippen LogP) is 1.23. The zero-order chi connectivity index (χ0) is 10.3. The van der Waals surface area contributed by atoms with E-state index in [0.29, 0.717) is 0 Å². The molecular formula is C9H18N4. The fraction of sp³-hybridized carbons (Fsp3) is 0.778. The van der Waals surface area contributed by atoms with E-state index < -0.39 is 5.66 Å². The van der Waals surface area contributed by atoms with Crippen LogP contribution in [0.1, 0.15) is 40.3 Å². The van der Waals surface area contributed by atoms with E-state index in [9.17, 15) is 0 Å². The molecule has 0 radical (unpaired) electrons. The number of rotatable bonds is 1. The average molecular weight is 182 g/mol. The van der Waals surface area contributed by atoms with Crippen LogP contribution in [-0.2, 0) is 11.1 Å². The minimum absolute atomic E-state index is 0.0312. The summed E-state index contributed by atoms with van der Waals surface area (Å²) in [4.78, 5) is 0. The summed E-state index contributed by atoms with van der Waals surface area (Å²) in [5, 5.41) is 8.08. The maximum Gasteiger partial charge on any atom is 0.106 e. The summed E-state index contributed by atoms with van der Waals surface area (Å²) in [7, 11) is 0. The van der Waals surface area contributed by atoms with Crippen LogP contribution in [0.5, 0.6) is 0 Å². The van der Waals surface area contributed by atoms with Crippen LogP contribution in [0.15, 0.2) is 6.20 Å². The molecule has 0 atom stereocenters. The van der Waals surface area contributed by atoms with Gasteiger partial charge in [-0.05, 0) is 13.8 Å². The molecule has 1 aromatic rings. The molecule has 0 aliphatic rings. The van der Waals surface area contributed by atoms with Crippen LogP contribution in [0.25, 0.3) is 0 Å². The fourth-order valence-corrected chi connectivity index (χ4v) is 0.889. The third-order valence-electron chi connectivity index (χ3n) is 1.85. The lowest BCUT2D eigenvalue weighted by atomic mass is 9.93. The molecule has 0 bridgehead atoms. The van der Waals surface area contributed by atoms with Crippen LogP contribution < -0.4 is 5.73 Å². The molecule has 0 saturated carbocycles. The number of nitrogens with zero attached hydrogens (tertiary/aromatic N) is 3. The van der Waals surface area contributed by atoms with E-state index in [-0.39, 0.29) is 5.41 Å². The van der Waals surface area contributed by atoms with Gasteiger partial charge in [0.15, 0.2) is 0 Å². The first-order valence-electron chi connectivity index (χ1n) is 4.43. The molecule has 74 valence electrons. The normalized spacial score (nSPS) is 13.4. The van der Waals surface area contributed by atoms with Crippen molar-refractivity contribution in [3.8, 4) is 0 Å². The van der Waals surface area contributed by atoms with Gasteiger partial charge in [-0.2, -0.15) is 0 Å². The summed E-state index contributed by atoms with van der Waals surface area (Å²) in [6, 6.07) is 0. The van der Waals surface area contributed by atoms with Gasteiger partial charge in [-0.15, -0.1) is 5.10 Å². The summed E-state index contributed by atoms with van der Waals surface area (Å²) in [6.45, 7) is 10.1. The van der Waals surface area contributed by atoms with Crippen molar-refractivity contribution in [1.29, 1.82) is 0 Å². The Morgan fingerprint density at radius 1 is 1.23 bits per heavy atom. The summed E-state index contributed by atoms with van der Waals surface area (Å²) >= 11 is 0.